The van der Waals surface area contributed by atoms with Crippen LogP contribution in [0.25, 0.3) is 10.9 Å². The smallest absolute Gasteiger partial charge is 0.151 e. The van der Waals surface area contributed by atoms with Gasteiger partial charge in [0.25, 0.3) is 0 Å². The Morgan fingerprint density at radius 3 is 3.00 bits per heavy atom. The molecule has 1 aliphatic heterocycles. The zero-order valence-corrected chi connectivity index (χ0v) is 10.8. The first-order valence-electron chi connectivity index (χ1n) is 6.13. The van der Waals surface area contributed by atoms with Crippen LogP contribution in [0.3, 0.4) is 0 Å². The van der Waals surface area contributed by atoms with Gasteiger partial charge in [0.05, 0.1) is 11.5 Å². The molecule has 2 N–H and O–H groups in total. The number of hydrogen-bond donors (Lipinski definition) is 2. The predicted molar refractivity (Wildman–Crippen MR) is 72.2 cm³/mol. The summed E-state index contributed by atoms with van der Waals surface area (Å²) in [4.78, 5) is 3.18. The lowest BCUT2D eigenvalue weighted by molar-refractivity contribution is 0.555. The molecule has 3 rings (SSSR count). The molecule has 0 spiro atoms. The van der Waals surface area contributed by atoms with Crippen molar-refractivity contribution < 1.29 is 8.42 Å². The summed E-state index contributed by atoms with van der Waals surface area (Å²) in [5.74, 6) is 0.592. The van der Waals surface area contributed by atoms with Crippen molar-refractivity contribution in [3.63, 3.8) is 0 Å². The highest BCUT2D eigenvalue weighted by Gasteiger charge is 2.27. The first-order valence-corrected chi connectivity index (χ1v) is 7.95. The minimum Gasteiger partial charge on any atom is -0.361 e. The Morgan fingerprint density at radius 1 is 1.33 bits per heavy atom. The largest absolute Gasteiger partial charge is 0.361 e. The van der Waals surface area contributed by atoms with Gasteiger partial charge in [-0.25, -0.2) is 8.42 Å². The summed E-state index contributed by atoms with van der Waals surface area (Å²) in [6, 6.07) is 8.29. The zero-order chi connectivity index (χ0) is 12.6. The van der Waals surface area contributed by atoms with Crippen molar-refractivity contribution in [2.45, 2.75) is 19.0 Å². The van der Waals surface area contributed by atoms with E-state index in [0.29, 0.717) is 5.75 Å². The van der Waals surface area contributed by atoms with Crippen LogP contribution in [0.1, 0.15) is 12.0 Å². The molecule has 0 amide bonds. The summed E-state index contributed by atoms with van der Waals surface area (Å²) < 4.78 is 22.8. The first kappa shape index (κ1) is 11.7. The van der Waals surface area contributed by atoms with E-state index >= 15 is 0 Å². The number of hydrogen-bond acceptors (Lipinski definition) is 3. The van der Waals surface area contributed by atoms with Crippen LogP contribution in [0.15, 0.2) is 30.5 Å². The van der Waals surface area contributed by atoms with Gasteiger partial charge in [0, 0.05) is 29.7 Å². The van der Waals surface area contributed by atoms with Gasteiger partial charge in [0.2, 0.25) is 0 Å². The molecule has 0 aliphatic carbocycles. The summed E-state index contributed by atoms with van der Waals surface area (Å²) in [5, 5.41) is 4.54. The molecule has 1 unspecified atom stereocenters. The lowest BCUT2D eigenvalue weighted by atomic mass is 10.1. The SMILES string of the molecule is O=S1(=O)CCC(NCc2cccc3[nH]ccc23)C1. The molecule has 2 aromatic rings. The molecule has 1 fully saturated rings. The number of fused-ring (bicyclic) bond motifs is 1. The van der Waals surface area contributed by atoms with Crippen LogP contribution in [0, 0.1) is 0 Å². The van der Waals surface area contributed by atoms with E-state index in [-0.39, 0.29) is 11.8 Å². The Morgan fingerprint density at radius 2 is 2.22 bits per heavy atom. The highest BCUT2D eigenvalue weighted by atomic mass is 32.2. The van der Waals surface area contributed by atoms with Crippen LogP contribution in [0.5, 0.6) is 0 Å². The molecule has 1 atom stereocenters. The lowest BCUT2D eigenvalue weighted by Crippen LogP contribution is -2.29. The molecular weight excluding hydrogens is 248 g/mol. The molecular formula is C13H16N2O2S. The zero-order valence-electron chi connectivity index (χ0n) is 10.0. The average Bonchev–Trinajstić information content (AvgIpc) is 2.92. The Bertz CT molecular complexity index is 660. The van der Waals surface area contributed by atoms with Gasteiger partial charge in [-0.2, -0.15) is 0 Å². The van der Waals surface area contributed by atoms with Gasteiger partial charge < -0.3 is 10.3 Å². The molecule has 0 radical (unpaired) electrons. The van der Waals surface area contributed by atoms with Gasteiger partial charge in [-0.3, -0.25) is 0 Å². The third-order valence-electron chi connectivity index (χ3n) is 3.50. The minimum atomic E-state index is -2.80. The maximum atomic E-state index is 11.4. The van der Waals surface area contributed by atoms with E-state index in [0.717, 1.165) is 18.5 Å². The molecule has 0 bridgehead atoms. The fraction of sp³-hybridized carbons (Fsp3) is 0.385. The van der Waals surface area contributed by atoms with Crippen molar-refractivity contribution in [2.24, 2.45) is 0 Å². The minimum absolute atomic E-state index is 0.101. The first-order chi connectivity index (χ1) is 8.64. The quantitative estimate of drug-likeness (QED) is 0.882. The number of nitrogens with one attached hydrogen (secondary N) is 2. The third-order valence-corrected chi connectivity index (χ3v) is 5.27. The van der Waals surface area contributed by atoms with E-state index in [9.17, 15) is 8.42 Å². The van der Waals surface area contributed by atoms with Crippen LogP contribution in [0.4, 0.5) is 0 Å². The highest BCUT2D eigenvalue weighted by molar-refractivity contribution is 7.91. The van der Waals surface area contributed by atoms with Gasteiger partial charge in [0.1, 0.15) is 0 Å². The fourth-order valence-electron chi connectivity index (χ4n) is 2.51. The Hall–Kier alpha value is -1.33. The number of rotatable bonds is 3. The van der Waals surface area contributed by atoms with Crippen molar-refractivity contribution in [1.82, 2.24) is 10.3 Å². The van der Waals surface area contributed by atoms with E-state index in [1.807, 2.05) is 18.3 Å². The van der Waals surface area contributed by atoms with E-state index in [4.69, 9.17) is 0 Å². The molecule has 2 heterocycles. The normalized spacial score (nSPS) is 22.6. The maximum absolute atomic E-state index is 11.4. The molecule has 1 aromatic carbocycles. The molecule has 0 saturated carbocycles. The summed E-state index contributed by atoms with van der Waals surface area (Å²) in [7, 11) is -2.80. The second kappa shape index (κ2) is 4.40. The molecule has 1 aliphatic rings. The van der Waals surface area contributed by atoms with E-state index in [1.165, 1.54) is 10.9 Å². The fourth-order valence-corrected chi connectivity index (χ4v) is 4.22. The standard InChI is InChI=1S/C13H16N2O2S/c16-18(17)7-5-11(9-18)15-8-10-2-1-3-13-12(10)4-6-14-13/h1-4,6,11,14-15H,5,7-9H2. The number of aromatic amines is 1. The molecule has 1 saturated heterocycles. The third kappa shape index (κ3) is 2.28. The number of H-pyrrole nitrogens is 1. The average molecular weight is 264 g/mol. The van der Waals surface area contributed by atoms with Gasteiger partial charge in [0.15, 0.2) is 9.84 Å². The lowest BCUT2D eigenvalue weighted by Gasteiger charge is -2.11. The van der Waals surface area contributed by atoms with Crippen molar-refractivity contribution >= 4 is 20.7 Å². The Labute approximate surface area is 106 Å². The van der Waals surface area contributed by atoms with E-state index < -0.39 is 9.84 Å². The van der Waals surface area contributed by atoms with Gasteiger partial charge in [-0.15, -0.1) is 0 Å². The number of benzene rings is 1. The second-order valence-corrected chi connectivity index (χ2v) is 7.07. The summed E-state index contributed by atoms with van der Waals surface area (Å²) >= 11 is 0. The van der Waals surface area contributed by atoms with Crippen molar-refractivity contribution in [1.29, 1.82) is 0 Å². The van der Waals surface area contributed by atoms with E-state index in [1.54, 1.807) is 0 Å². The van der Waals surface area contributed by atoms with Crippen LogP contribution in [-0.4, -0.2) is 30.9 Å². The van der Waals surface area contributed by atoms with Gasteiger partial charge in [-0.05, 0) is 24.1 Å². The summed E-state index contributed by atoms with van der Waals surface area (Å²) in [6.45, 7) is 0.718. The summed E-state index contributed by atoms with van der Waals surface area (Å²) in [6.07, 6.45) is 2.65. The van der Waals surface area contributed by atoms with Crippen molar-refractivity contribution in [3.8, 4) is 0 Å². The Kier molecular flexibility index (Phi) is 2.87. The van der Waals surface area contributed by atoms with Gasteiger partial charge >= 0.3 is 0 Å². The molecule has 1 aromatic heterocycles. The monoisotopic (exact) mass is 264 g/mol. The van der Waals surface area contributed by atoms with Crippen LogP contribution >= 0.6 is 0 Å². The Balaban J connectivity index is 1.72. The van der Waals surface area contributed by atoms with Crippen molar-refractivity contribution in [3.05, 3.63) is 36.0 Å². The summed E-state index contributed by atoms with van der Waals surface area (Å²) in [5.41, 5.74) is 2.33. The second-order valence-electron chi connectivity index (χ2n) is 4.84. The maximum Gasteiger partial charge on any atom is 0.151 e. The molecule has 4 nitrogen and oxygen atoms in total. The molecule has 18 heavy (non-hydrogen) atoms. The topological polar surface area (TPSA) is 62.0 Å². The van der Waals surface area contributed by atoms with Crippen LogP contribution in [0.2, 0.25) is 0 Å². The number of aromatic nitrogens is 1. The molecule has 5 heteroatoms. The van der Waals surface area contributed by atoms with E-state index in [2.05, 4.69) is 22.4 Å². The molecule has 96 valence electrons. The van der Waals surface area contributed by atoms with Crippen LogP contribution < -0.4 is 5.32 Å². The van der Waals surface area contributed by atoms with Crippen LogP contribution in [-0.2, 0) is 16.4 Å². The van der Waals surface area contributed by atoms with Crippen molar-refractivity contribution in [2.75, 3.05) is 11.5 Å². The number of sulfone groups is 1. The van der Waals surface area contributed by atoms with Gasteiger partial charge in [-0.1, -0.05) is 12.1 Å². The predicted octanol–water partition coefficient (Wildman–Crippen LogP) is 1.44. The highest BCUT2D eigenvalue weighted by Crippen LogP contribution is 2.18.